The first kappa shape index (κ1) is 11.5. The van der Waals surface area contributed by atoms with Gasteiger partial charge in [0.25, 0.3) is 0 Å². The summed E-state index contributed by atoms with van der Waals surface area (Å²) in [5.74, 6) is 0.136. The molecule has 0 saturated carbocycles. The molecule has 1 aromatic rings. The predicted molar refractivity (Wildman–Crippen MR) is 59.7 cm³/mol. The monoisotopic (exact) mass is 201 g/mol. The molecule has 0 N–H and O–H groups in total. The molecule has 0 amide bonds. The van der Waals surface area contributed by atoms with E-state index in [1.54, 1.807) is 0 Å². The van der Waals surface area contributed by atoms with Gasteiger partial charge < -0.3 is 0 Å². The summed E-state index contributed by atoms with van der Waals surface area (Å²) in [5.41, 5.74) is 2.99. The van der Waals surface area contributed by atoms with Crippen LogP contribution in [0, 0.1) is 25.2 Å². The van der Waals surface area contributed by atoms with Crippen LogP contribution >= 0.6 is 0 Å². The zero-order valence-electron chi connectivity index (χ0n) is 9.21. The number of rotatable bonds is 4. The molecule has 15 heavy (non-hydrogen) atoms. The second kappa shape index (κ2) is 5.31. The molecule has 0 spiro atoms. The fourth-order valence-electron chi connectivity index (χ4n) is 1.61. The van der Waals surface area contributed by atoms with Crippen LogP contribution < -0.4 is 0 Å². The molecule has 0 fully saturated rings. The molecular formula is C13H15NO. The van der Waals surface area contributed by atoms with E-state index in [-0.39, 0.29) is 5.78 Å². The number of Topliss-reactive ketones (excluding diaryl/α,β-unsaturated/α-hetero) is 1. The van der Waals surface area contributed by atoms with Crippen molar-refractivity contribution in [1.29, 1.82) is 5.26 Å². The number of hydrogen-bond acceptors (Lipinski definition) is 2. The molecule has 0 unspecified atom stereocenters. The van der Waals surface area contributed by atoms with Gasteiger partial charge in [0.15, 0.2) is 5.78 Å². The van der Waals surface area contributed by atoms with Crippen molar-refractivity contribution in [3.8, 4) is 6.07 Å². The number of aryl methyl sites for hydroxylation is 2. The summed E-state index contributed by atoms with van der Waals surface area (Å²) in [6.07, 6.45) is 1.58. The molecule has 0 heterocycles. The van der Waals surface area contributed by atoms with Gasteiger partial charge in [0.05, 0.1) is 6.07 Å². The Bertz CT molecular complexity index is 381. The summed E-state index contributed by atoms with van der Waals surface area (Å²) in [7, 11) is 0. The quantitative estimate of drug-likeness (QED) is 0.554. The number of carbonyl (C=O) groups excluding carboxylic acids is 1. The van der Waals surface area contributed by atoms with E-state index in [1.807, 2.05) is 38.1 Å². The average Bonchev–Trinajstić information content (AvgIpc) is 2.16. The third-order valence-electron chi connectivity index (χ3n) is 2.24. The maximum absolute atomic E-state index is 11.7. The molecule has 0 atom stereocenters. The highest BCUT2D eigenvalue weighted by atomic mass is 16.1. The molecule has 0 bridgehead atoms. The fourth-order valence-corrected chi connectivity index (χ4v) is 1.61. The largest absolute Gasteiger partial charge is 0.294 e. The van der Waals surface area contributed by atoms with Gasteiger partial charge in [0.1, 0.15) is 0 Å². The molecule has 0 aliphatic rings. The highest BCUT2D eigenvalue weighted by Gasteiger charge is 2.06. The number of ketones is 1. The Labute approximate surface area is 90.5 Å². The molecule has 2 nitrogen and oxygen atoms in total. The third kappa shape index (κ3) is 3.55. The van der Waals surface area contributed by atoms with Crippen molar-refractivity contribution in [2.75, 3.05) is 0 Å². The number of nitrogens with zero attached hydrogens (tertiary/aromatic N) is 1. The number of hydrogen-bond donors (Lipinski definition) is 0. The summed E-state index contributed by atoms with van der Waals surface area (Å²) >= 11 is 0. The van der Waals surface area contributed by atoms with Gasteiger partial charge in [-0.1, -0.05) is 17.2 Å². The minimum Gasteiger partial charge on any atom is -0.294 e. The standard InChI is InChI=1S/C13H15NO/c1-10-7-11(2)9-12(8-10)13(15)5-3-4-6-14/h7-9H,3-5H2,1-2H3. The SMILES string of the molecule is Cc1cc(C)cc(C(=O)CCCC#N)c1. The summed E-state index contributed by atoms with van der Waals surface area (Å²) in [4.78, 5) is 11.7. The summed E-state index contributed by atoms with van der Waals surface area (Å²) in [6, 6.07) is 7.90. The highest BCUT2D eigenvalue weighted by Crippen LogP contribution is 2.12. The Balaban J connectivity index is 2.70. The molecule has 1 aromatic carbocycles. The lowest BCUT2D eigenvalue weighted by Gasteiger charge is -2.03. The fraction of sp³-hybridized carbons (Fsp3) is 0.385. The highest BCUT2D eigenvalue weighted by molar-refractivity contribution is 5.96. The van der Waals surface area contributed by atoms with Crippen molar-refractivity contribution < 1.29 is 4.79 Å². The van der Waals surface area contributed by atoms with Crippen LogP contribution in [0.4, 0.5) is 0 Å². The second-order valence-electron chi connectivity index (χ2n) is 3.81. The van der Waals surface area contributed by atoms with Crippen LogP contribution in [0.1, 0.15) is 40.7 Å². The maximum Gasteiger partial charge on any atom is 0.162 e. The summed E-state index contributed by atoms with van der Waals surface area (Å²) in [6.45, 7) is 3.97. The van der Waals surface area contributed by atoms with Gasteiger partial charge in [-0.3, -0.25) is 4.79 Å². The van der Waals surface area contributed by atoms with E-state index in [4.69, 9.17) is 5.26 Å². The smallest absolute Gasteiger partial charge is 0.162 e. The number of unbranched alkanes of at least 4 members (excludes halogenated alkanes) is 1. The minimum absolute atomic E-state index is 0.136. The predicted octanol–water partition coefficient (Wildman–Crippen LogP) is 3.18. The molecule has 0 aliphatic heterocycles. The zero-order chi connectivity index (χ0) is 11.3. The van der Waals surface area contributed by atoms with E-state index < -0.39 is 0 Å². The Morgan fingerprint density at radius 3 is 2.40 bits per heavy atom. The van der Waals surface area contributed by atoms with E-state index in [0.29, 0.717) is 19.3 Å². The van der Waals surface area contributed by atoms with Crippen molar-refractivity contribution in [2.45, 2.75) is 33.1 Å². The van der Waals surface area contributed by atoms with Crippen LogP contribution in [0.3, 0.4) is 0 Å². The molecular weight excluding hydrogens is 186 g/mol. The van der Waals surface area contributed by atoms with Gasteiger partial charge in [-0.05, 0) is 32.4 Å². The molecule has 1 rings (SSSR count). The van der Waals surface area contributed by atoms with Crippen LogP contribution in [0.2, 0.25) is 0 Å². The molecule has 0 aliphatic carbocycles. The first-order chi connectivity index (χ1) is 7.13. The van der Waals surface area contributed by atoms with Crippen LogP contribution in [0.25, 0.3) is 0 Å². The van der Waals surface area contributed by atoms with Crippen molar-refractivity contribution >= 4 is 5.78 Å². The summed E-state index contributed by atoms with van der Waals surface area (Å²) in [5, 5.41) is 8.38. The number of carbonyl (C=O) groups is 1. The Morgan fingerprint density at radius 2 is 1.87 bits per heavy atom. The first-order valence-corrected chi connectivity index (χ1v) is 5.12. The topological polar surface area (TPSA) is 40.9 Å². The van der Waals surface area contributed by atoms with Crippen molar-refractivity contribution in [2.24, 2.45) is 0 Å². The number of benzene rings is 1. The van der Waals surface area contributed by atoms with Crippen LogP contribution in [-0.2, 0) is 0 Å². The van der Waals surface area contributed by atoms with E-state index in [0.717, 1.165) is 16.7 Å². The van der Waals surface area contributed by atoms with Gasteiger partial charge in [0.2, 0.25) is 0 Å². The molecule has 78 valence electrons. The van der Waals surface area contributed by atoms with Gasteiger partial charge >= 0.3 is 0 Å². The summed E-state index contributed by atoms with van der Waals surface area (Å²) < 4.78 is 0. The molecule has 0 radical (unpaired) electrons. The third-order valence-corrected chi connectivity index (χ3v) is 2.24. The lowest BCUT2D eigenvalue weighted by atomic mass is 10.0. The molecule has 0 aromatic heterocycles. The molecule has 0 saturated heterocycles. The zero-order valence-corrected chi connectivity index (χ0v) is 9.21. The van der Waals surface area contributed by atoms with Gasteiger partial charge in [-0.25, -0.2) is 0 Å². The Morgan fingerprint density at radius 1 is 1.27 bits per heavy atom. The van der Waals surface area contributed by atoms with Crippen molar-refractivity contribution in [3.05, 3.63) is 34.9 Å². The second-order valence-corrected chi connectivity index (χ2v) is 3.81. The van der Waals surface area contributed by atoms with Crippen LogP contribution in [-0.4, -0.2) is 5.78 Å². The van der Waals surface area contributed by atoms with E-state index >= 15 is 0 Å². The van der Waals surface area contributed by atoms with E-state index in [2.05, 4.69) is 0 Å². The Kier molecular flexibility index (Phi) is 4.05. The lowest BCUT2D eigenvalue weighted by Crippen LogP contribution is -1.99. The minimum atomic E-state index is 0.136. The normalized spacial score (nSPS) is 9.67. The molecule has 2 heteroatoms. The van der Waals surface area contributed by atoms with Crippen LogP contribution in [0.5, 0.6) is 0 Å². The van der Waals surface area contributed by atoms with Crippen molar-refractivity contribution in [1.82, 2.24) is 0 Å². The Hall–Kier alpha value is -1.62. The van der Waals surface area contributed by atoms with E-state index in [9.17, 15) is 4.79 Å². The van der Waals surface area contributed by atoms with Crippen molar-refractivity contribution in [3.63, 3.8) is 0 Å². The van der Waals surface area contributed by atoms with Crippen LogP contribution in [0.15, 0.2) is 18.2 Å². The van der Waals surface area contributed by atoms with Gasteiger partial charge in [-0.15, -0.1) is 0 Å². The van der Waals surface area contributed by atoms with Gasteiger partial charge in [-0.2, -0.15) is 5.26 Å². The van der Waals surface area contributed by atoms with Gasteiger partial charge in [0, 0.05) is 18.4 Å². The lowest BCUT2D eigenvalue weighted by molar-refractivity contribution is 0.0980. The first-order valence-electron chi connectivity index (χ1n) is 5.12. The maximum atomic E-state index is 11.7. The number of nitriles is 1. The van der Waals surface area contributed by atoms with E-state index in [1.165, 1.54) is 0 Å². The average molecular weight is 201 g/mol.